The normalized spacial score (nSPS) is 10.5. The topological polar surface area (TPSA) is 104 Å². The summed E-state index contributed by atoms with van der Waals surface area (Å²) in [6, 6.07) is 9.26. The van der Waals surface area contributed by atoms with Crippen LogP contribution in [0.15, 0.2) is 51.6 Å². The molecule has 0 aliphatic rings. The van der Waals surface area contributed by atoms with Crippen LogP contribution in [-0.4, -0.2) is 15.1 Å². The zero-order valence-corrected chi connectivity index (χ0v) is 10.6. The molecule has 3 aromatic rings. The van der Waals surface area contributed by atoms with Crippen LogP contribution in [-0.2, 0) is 6.61 Å². The van der Waals surface area contributed by atoms with E-state index in [1.54, 1.807) is 18.2 Å². The first-order chi connectivity index (χ1) is 10.2. The molecule has 0 atom stereocenters. The zero-order chi connectivity index (χ0) is 14.7. The van der Waals surface area contributed by atoms with Crippen LogP contribution in [0.3, 0.4) is 0 Å². The Morgan fingerprint density at radius 3 is 2.95 bits per heavy atom. The number of rotatable bonds is 5. The smallest absolute Gasteiger partial charge is 0.293 e. The van der Waals surface area contributed by atoms with E-state index < -0.39 is 4.92 Å². The molecule has 106 valence electrons. The molecule has 0 aliphatic heterocycles. The predicted molar refractivity (Wildman–Crippen MR) is 69.4 cm³/mol. The van der Waals surface area contributed by atoms with Gasteiger partial charge in [0.1, 0.15) is 5.75 Å². The molecule has 1 aromatic carbocycles. The number of nitro groups is 1. The molecule has 0 N–H and O–H groups in total. The van der Waals surface area contributed by atoms with Gasteiger partial charge in [-0.3, -0.25) is 10.1 Å². The van der Waals surface area contributed by atoms with Crippen molar-refractivity contribution < 1.29 is 18.6 Å². The molecule has 0 amide bonds. The van der Waals surface area contributed by atoms with Gasteiger partial charge in [0.2, 0.25) is 5.82 Å². The number of hydrogen-bond donors (Lipinski definition) is 0. The third kappa shape index (κ3) is 2.89. The number of ether oxygens (including phenoxy) is 1. The maximum absolute atomic E-state index is 10.7. The monoisotopic (exact) mass is 287 g/mol. The lowest BCUT2D eigenvalue weighted by atomic mass is 10.3. The van der Waals surface area contributed by atoms with Gasteiger partial charge >= 0.3 is 0 Å². The molecule has 0 saturated carbocycles. The molecule has 8 nitrogen and oxygen atoms in total. The van der Waals surface area contributed by atoms with Crippen LogP contribution < -0.4 is 4.74 Å². The van der Waals surface area contributed by atoms with Crippen molar-refractivity contribution in [2.24, 2.45) is 0 Å². The van der Waals surface area contributed by atoms with Crippen LogP contribution in [0.5, 0.6) is 5.75 Å². The van der Waals surface area contributed by atoms with Crippen LogP contribution in [0.2, 0.25) is 0 Å². The number of furan rings is 1. The maximum atomic E-state index is 10.7. The van der Waals surface area contributed by atoms with E-state index in [0.717, 1.165) is 0 Å². The average molecular weight is 287 g/mol. The SMILES string of the molecule is O=[N+]([O-])c1cccc(OCc2noc(-c3ccco3)n2)c1. The van der Waals surface area contributed by atoms with E-state index in [-0.39, 0.29) is 18.2 Å². The number of non-ortho nitro benzene ring substituents is 1. The summed E-state index contributed by atoms with van der Waals surface area (Å²) in [5.41, 5.74) is -0.0445. The van der Waals surface area contributed by atoms with E-state index in [0.29, 0.717) is 17.3 Å². The van der Waals surface area contributed by atoms with E-state index in [4.69, 9.17) is 13.7 Å². The lowest BCUT2D eigenvalue weighted by Gasteiger charge is -2.02. The first-order valence-electron chi connectivity index (χ1n) is 5.96. The molecule has 0 aliphatic carbocycles. The lowest BCUT2D eigenvalue weighted by Crippen LogP contribution is -1.98. The molecule has 2 aromatic heterocycles. The standard InChI is InChI=1S/C13H9N3O5/c17-16(18)9-3-1-4-10(7-9)20-8-12-14-13(21-15-12)11-5-2-6-19-11/h1-7H,8H2. The first-order valence-corrected chi connectivity index (χ1v) is 5.96. The van der Waals surface area contributed by atoms with E-state index >= 15 is 0 Å². The van der Waals surface area contributed by atoms with Gasteiger partial charge in [0.15, 0.2) is 12.4 Å². The maximum Gasteiger partial charge on any atom is 0.293 e. The number of nitrogens with zero attached hydrogens (tertiary/aromatic N) is 3. The molecule has 8 heteroatoms. The highest BCUT2D eigenvalue weighted by molar-refractivity contribution is 5.42. The minimum atomic E-state index is -0.490. The fourth-order valence-electron chi connectivity index (χ4n) is 1.65. The molecule has 0 radical (unpaired) electrons. The molecule has 3 rings (SSSR count). The molecule has 0 fully saturated rings. The molecule has 0 bridgehead atoms. The van der Waals surface area contributed by atoms with Gasteiger partial charge in [-0.2, -0.15) is 4.98 Å². The fraction of sp³-hybridized carbons (Fsp3) is 0.0769. The van der Waals surface area contributed by atoms with Crippen molar-refractivity contribution >= 4 is 5.69 Å². The van der Waals surface area contributed by atoms with Crippen LogP contribution in [0, 0.1) is 10.1 Å². The second-order valence-corrected chi connectivity index (χ2v) is 4.04. The number of hydrogen-bond acceptors (Lipinski definition) is 7. The van der Waals surface area contributed by atoms with Gasteiger partial charge in [-0.1, -0.05) is 11.2 Å². The highest BCUT2D eigenvalue weighted by atomic mass is 16.6. The van der Waals surface area contributed by atoms with E-state index in [1.807, 2.05) is 0 Å². The van der Waals surface area contributed by atoms with Crippen molar-refractivity contribution in [2.45, 2.75) is 6.61 Å². The van der Waals surface area contributed by atoms with Gasteiger partial charge in [0.05, 0.1) is 17.3 Å². The number of aromatic nitrogens is 2. The average Bonchev–Trinajstić information content (AvgIpc) is 3.16. The van der Waals surface area contributed by atoms with Gasteiger partial charge in [-0.15, -0.1) is 0 Å². The highest BCUT2D eigenvalue weighted by Crippen LogP contribution is 2.21. The molecule has 0 saturated heterocycles. The molecular weight excluding hydrogens is 278 g/mol. The predicted octanol–water partition coefficient (Wildman–Crippen LogP) is 2.82. The highest BCUT2D eigenvalue weighted by Gasteiger charge is 2.12. The van der Waals surface area contributed by atoms with Gasteiger partial charge in [0, 0.05) is 6.07 Å². The number of benzene rings is 1. The summed E-state index contributed by atoms with van der Waals surface area (Å²) < 4.78 is 15.5. The van der Waals surface area contributed by atoms with E-state index in [2.05, 4.69) is 10.1 Å². The molecule has 21 heavy (non-hydrogen) atoms. The molecule has 0 unspecified atom stereocenters. The first kappa shape index (κ1) is 12.9. The quantitative estimate of drug-likeness (QED) is 0.524. The van der Waals surface area contributed by atoms with Crippen molar-refractivity contribution in [3.8, 4) is 17.4 Å². The summed E-state index contributed by atoms with van der Waals surface area (Å²) >= 11 is 0. The molecule has 2 heterocycles. The van der Waals surface area contributed by atoms with Crippen LogP contribution in [0.25, 0.3) is 11.7 Å². The Bertz CT molecular complexity index is 751. The minimum absolute atomic E-state index is 0.0331. The van der Waals surface area contributed by atoms with Crippen molar-refractivity contribution in [1.82, 2.24) is 10.1 Å². The second-order valence-electron chi connectivity index (χ2n) is 4.04. The summed E-state index contributed by atoms with van der Waals surface area (Å²) in [6.45, 7) is 0.0331. The molecular formula is C13H9N3O5. The second kappa shape index (κ2) is 5.45. The Hall–Kier alpha value is -3.16. The minimum Gasteiger partial charge on any atom is -0.485 e. The lowest BCUT2D eigenvalue weighted by molar-refractivity contribution is -0.384. The largest absolute Gasteiger partial charge is 0.485 e. The van der Waals surface area contributed by atoms with Gasteiger partial charge in [-0.05, 0) is 18.2 Å². The van der Waals surface area contributed by atoms with Crippen LogP contribution >= 0.6 is 0 Å². The Kier molecular flexibility index (Phi) is 3.34. The Balaban J connectivity index is 1.68. The third-order valence-corrected chi connectivity index (χ3v) is 2.60. The molecule has 0 spiro atoms. The van der Waals surface area contributed by atoms with E-state index in [9.17, 15) is 10.1 Å². The van der Waals surface area contributed by atoms with Crippen molar-refractivity contribution in [3.05, 3.63) is 58.6 Å². The Morgan fingerprint density at radius 1 is 1.29 bits per heavy atom. The Labute approximate surface area is 118 Å². The fourth-order valence-corrected chi connectivity index (χ4v) is 1.65. The summed E-state index contributed by atoms with van der Waals surface area (Å²) in [5.74, 6) is 1.38. The van der Waals surface area contributed by atoms with Gasteiger partial charge in [0.25, 0.3) is 11.6 Å². The summed E-state index contributed by atoms with van der Waals surface area (Å²) in [6.07, 6.45) is 1.50. The van der Waals surface area contributed by atoms with Crippen molar-refractivity contribution in [2.75, 3.05) is 0 Å². The number of nitro benzene ring substituents is 1. The third-order valence-electron chi connectivity index (χ3n) is 2.60. The van der Waals surface area contributed by atoms with Crippen molar-refractivity contribution in [1.29, 1.82) is 0 Å². The van der Waals surface area contributed by atoms with Gasteiger partial charge in [-0.25, -0.2) is 0 Å². The summed E-state index contributed by atoms with van der Waals surface area (Å²) in [5, 5.41) is 14.4. The summed E-state index contributed by atoms with van der Waals surface area (Å²) in [7, 11) is 0. The van der Waals surface area contributed by atoms with Crippen LogP contribution in [0.4, 0.5) is 5.69 Å². The summed E-state index contributed by atoms with van der Waals surface area (Å²) in [4.78, 5) is 14.3. The van der Waals surface area contributed by atoms with E-state index in [1.165, 1.54) is 24.5 Å². The Morgan fingerprint density at radius 2 is 2.19 bits per heavy atom. The van der Waals surface area contributed by atoms with Crippen molar-refractivity contribution in [3.63, 3.8) is 0 Å². The van der Waals surface area contributed by atoms with Crippen LogP contribution in [0.1, 0.15) is 5.82 Å². The van der Waals surface area contributed by atoms with Gasteiger partial charge < -0.3 is 13.7 Å². The zero-order valence-electron chi connectivity index (χ0n) is 10.6.